The molecule has 1 amide bonds. The highest BCUT2D eigenvalue weighted by atomic mass is 35.5. The average Bonchev–Trinajstić information content (AvgIpc) is 3.07. The molecule has 1 aromatic carbocycles. The van der Waals surface area contributed by atoms with Crippen LogP contribution in [0.25, 0.3) is 6.08 Å². The molecule has 12 heteroatoms. The van der Waals surface area contributed by atoms with E-state index in [2.05, 4.69) is 5.10 Å². The van der Waals surface area contributed by atoms with E-state index in [1.54, 1.807) is 13.8 Å². The summed E-state index contributed by atoms with van der Waals surface area (Å²) in [6.45, 7) is 5.51. The largest absolute Gasteiger partial charge is 0.474 e. The second-order valence-electron chi connectivity index (χ2n) is 7.86. The number of unbranched alkanes of at least 4 members (excludes halogenated alkanes) is 2. The van der Waals surface area contributed by atoms with Gasteiger partial charge in [0.1, 0.15) is 0 Å². The molecule has 7 nitrogen and oxygen atoms in total. The minimum Gasteiger partial charge on any atom is -0.474 e. The van der Waals surface area contributed by atoms with Crippen LogP contribution in [0.2, 0.25) is 5.02 Å². The summed E-state index contributed by atoms with van der Waals surface area (Å²) in [5.41, 5.74) is -0.140. The van der Waals surface area contributed by atoms with Gasteiger partial charge in [0.25, 0.3) is 5.91 Å². The number of carbonyl (C=O) groups is 1. The number of nitrogens with zero attached hydrogens (tertiary/aromatic N) is 2. The van der Waals surface area contributed by atoms with Crippen LogP contribution in [0.15, 0.2) is 30.3 Å². The molecule has 0 aliphatic rings. The normalized spacial score (nSPS) is 12.5. The lowest BCUT2D eigenvalue weighted by Gasteiger charge is -2.11. The Kier molecular flexibility index (Phi) is 9.57. The highest BCUT2D eigenvalue weighted by Gasteiger charge is 2.31. The van der Waals surface area contributed by atoms with Crippen LogP contribution in [0.1, 0.15) is 56.9 Å². The fourth-order valence-electron chi connectivity index (χ4n) is 2.92. The maximum atomic E-state index is 12.9. The Hall–Kier alpha value is -2.53. The highest BCUT2D eigenvalue weighted by molar-refractivity contribution is 7.90. The molecular formula is C22H27ClF3N3O4S. The van der Waals surface area contributed by atoms with Crippen molar-refractivity contribution >= 4 is 33.6 Å². The molecule has 0 fully saturated rings. The van der Waals surface area contributed by atoms with Gasteiger partial charge in [-0.15, -0.1) is 5.10 Å². The minimum atomic E-state index is -4.52. The van der Waals surface area contributed by atoms with Crippen molar-refractivity contribution in [1.29, 1.82) is 0 Å². The van der Waals surface area contributed by atoms with Crippen molar-refractivity contribution in [2.75, 3.05) is 5.75 Å². The molecule has 0 unspecified atom stereocenters. The summed E-state index contributed by atoms with van der Waals surface area (Å²) in [6.07, 6.45) is -0.324. The molecule has 188 valence electrons. The number of carbonyl (C=O) groups excluding carboxylic acids is 1. The SMILES string of the molecule is CCCCCS(=O)(=O)NC(=O)C=Cc1cc(OC(C)C)nn1Cc1ccc(C(F)(F)F)cc1Cl. The van der Waals surface area contributed by atoms with Crippen LogP contribution in [0.3, 0.4) is 0 Å². The first-order valence-corrected chi connectivity index (χ1v) is 12.7. The van der Waals surface area contributed by atoms with E-state index in [0.717, 1.165) is 31.1 Å². The zero-order valence-electron chi connectivity index (χ0n) is 19.0. The van der Waals surface area contributed by atoms with Crippen LogP contribution in [0.5, 0.6) is 5.88 Å². The molecular weight excluding hydrogens is 495 g/mol. The Morgan fingerprint density at radius 2 is 1.97 bits per heavy atom. The Labute approximate surface area is 202 Å². The molecule has 0 saturated carbocycles. The van der Waals surface area contributed by atoms with E-state index in [1.165, 1.54) is 22.9 Å². The molecule has 1 N–H and O–H groups in total. The third-order valence-electron chi connectivity index (χ3n) is 4.52. The molecule has 1 heterocycles. The minimum absolute atomic E-state index is 0.00493. The Balaban J connectivity index is 2.24. The van der Waals surface area contributed by atoms with Crippen molar-refractivity contribution < 1.29 is 31.1 Å². The van der Waals surface area contributed by atoms with Crippen molar-refractivity contribution in [2.45, 2.75) is 58.9 Å². The quantitative estimate of drug-likeness (QED) is 0.330. The van der Waals surface area contributed by atoms with Gasteiger partial charge in [-0.25, -0.2) is 13.1 Å². The zero-order valence-corrected chi connectivity index (χ0v) is 20.6. The van der Waals surface area contributed by atoms with E-state index < -0.39 is 27.7 Å². The first-order valence-electron chi connectivity index (χ1n) is 10.6. The standard InChI is InChI=1S/C22H27ClF3N3O4S/c1-4-5-6-11-34(31,32)28-20(30)10-9-18-13-21(33-15(2)3)27-29(18)14-16-7-8-17(12-19(16)23)22(24,25)26/h7-10,12-13,15H,4-6,11,14H2,1-3H3,(H,28,30). The third-order valence-corrected chi connectivity index (χ3v) is 6.21. The molecule has 0 atom stereocenters. The molecule has 0 bridgehead atoms. The Morgan fingerprint density at radius 3 is 2.56 bits per heavy atom. The first-order chi connectivity index (χ1) is 15.8. The molecule has 0 saturated heterocycles. The first kappa shape index (κ1) is 27.7. The maximum absolute atomic E-state index is 12.9. The third kappa shape index (κ3) is 8.68. The van der Waals surface area contributed by atoms with Gasteiger partial charge in [0.05, 0.1) is 29.7 Å². The van der Waals surface area contributed by atoms with E-state index >= 15 is 0 Å². The number of hydrogen-bond acceptors (Lipinski definition) is 5. The molecule has 1 aromatic heterocycles. The van der Waals surface area contributed by atoms with Gasteiger partial charge in [0, 0.05) is 17.2 Å². The van der Waals surface area contributed by atoms with Crippen molar-refractivity contribution in [3.8, 4) is 5.88 Å². The van der Waals surface area contributed by atoms with E-state index in [4.69, 9.17) is 16.3 Å². The van der Waals surface area contributed by atoms with E-state index in [-0.39, 0.29) is 29.3 Å². The van der Waals surface area contributed by atoms with Gasteiger partial charge in [-0.2, -0.15) is 13.2 Å². The van der Waals surface area contributed by atoms with Crippen LogP contribution >= 0.6 is 11.6 Å². The molecule has 0 aliphatic carbocycles. The second-order valence-corrected chi connectivity index (χ2v) is 10.1. The number of ether oxygens (including phenoxy) is 1. The summed E-state index contributed by atoms with van der Waals surface area (Å²) in [5.74, 6) is -0.759. The van der Waals surface area contributed by atoms with Crippen LogP contribution in [0.4, 0.5) is 13.2 Å². The summed E-state index contributed by atoms with van der Waals surface area (Å²) in [5, 5.41) is 4.18. The van der Waals surface area contributed by atoms with Crippen molar-refractivity contribution in [2.24, 2.45) is 0 Å². The Bertz CT molecular complexity index is 1130. The number of nitrogens with one attached hydrogen (secondary N) is 1. The highest BCUT2D eigenvalue weighted by Crippen LogP contribution is 2.32. The predicted molar refractivity (Wildman–Crippen MR) is 124 cm³/mol. The van der Waals surface area contributed by atoms with Crippen LogP contribution in [-0.2, 0) is 27.5 Å². The number of sulfonamides is 1. The summed E-state index contributed by atoms with van der Waals surface area (Å²) in [4.78, 5) is 12.1. The fourth-order valence-corrected chi connectivity index (χ4v) is 4.22. The maximum Gasteiger partial charge on any atom is 0.416 e. The smallest absolute Gasteiger partial charge is 0.416 e. The van der Waals surface area contributed by atoms with Gasteiger partial charge in [0.15, 0.2) is 0 Å². The Morgan fingerprint density at radius 1 is 1.26 bits per heavy atom. The number of alkyl halides is 3. The van der Waals surface area contributed by atoms with E-state index in [0.29, 0.717) is 17.7 Å². The number of benzene rings is 1. The zero-order chi connectivity index (χ0) is 25.5. The number of hydrogen-bond donors (Lipinski definition) is 1. The van der Waals surface area contributed by atoms with Gasteiger partial charge >= 0.3 is 6.18 Å². The summed E-state index contributed by atoms with van der Waals surface area (Å²) >= 11 is 6.06. The molecule has 0 radical (unpaired) electrons. The van der Waals surface area contributed by atoms with Gasteiger partial charge in [-0.05, 0) is 44.0 Å². The fraction of sp³-hybridized carbons (Fsp3) is 0.455. The van der Waals surface area contributed by atoms with E-state index in [1.807, 2.05) is 11.6 Å². The molecule has 34 heavy (non-hydrogen) atoms. The van der Waals surface area contributed by atoms with Gasteiger partial charge < -0.3 is 4.74 Å². The second kappa shape index (κ2) is 11.7. The van der Waals surface area contributed by atoms with Crippen molar-refractivity contribution in [3.05, 3.63) is 52.2 Å². The lowest BCUT2D eigenvalue weighted by molar-refractivity contribution is -0.137. The van der Waals surface area contributed by atoms with Crippen molar-refractivity contribution in [1.82, 2.24) is 14.5 Å². The molecule has 0 spiro atoms. The summed E-state index contributed by atoms with van der Waals surface area (Å²) in [6, 6.07) is 4.53. The number of rotatable bonds is 11. The van der Waals surface area contributed by atoms with Gasteiger partial charge in [0.2, 0.25) is 15.9 Å². The predicted octanol–water partition coefficient (Wildman–Crippen LogP) is 5.04. The van der Waals surface area contributed by atoms with Crippen molar-refractivity contribution in [3.63, 3.8) is 0 Å². The summed E-state index contributed by atoms with van der Waals surface area (Å²) in [7, 11) is -3.76. The monoisotopic (exact) mass is 521 g/mol. The number of amides is 1. The van der Waals surface area contributed by atoms with Crippen LogP contribution in [-0.4, -0.2) is 36.0 Å². The average molecular weight is 522 g/mol. The molecule has 2 aromatic rings. The topological polar surface area (TPSA) is 90.3 Å². The lowest BCUT2D eigenvalue weighted by Crippen LogP contribution is -2.31. The number of halogens is 4. The lowest BCUT2D eigenvalue weighted by atomic mass is 10.1. The van der Waals surface area contributed by atoms with Crippen LogP contribution in [0, 0.1) is 0 Å². The summed E-state index contributed by atoms with van der Waals surface area (Å²) < 4.78 is 71.7. The van der Waals surface area contributed by atoms with E-state index in [9.17, 15) is 26.4 Å². The van der Waals surface area contributed by atoms with Gasteiger partial charge in [-0.1, -0.05) is 37.4 Å². The van der Waals surface area contributed by atoms with Crippen LogP contribution < -0.4 is 9.46 Å². The number of aromatic nitrogens is 2. The molecule has 2 rings (SSSR count). The molecule has 0 aliphatic heterocycles. The van der Waals surface area contributed by atoms with Gasteiger partial charge in [-0.3, -0.25) is 9.48 Å².